The van der Waals surface area contributed by atoms with Gasteiger partial charge >= 0.3 is 0 Å². The minimum Gasteiger partial charge on any atom is -0.452 e. The van der Waals surface area contributed by atoms with Crippen LogP contribution < -0.4 is 0 Å². The van der Waals surface area contributed by atoms with Crippen molar-refractivity contribution in [1.29, 1.82) is 0 Å². The second-order valence-electron chi connectivity index (χ2n) is 10.0. The molecule has 4 aromatic heterocycles. The average Bonchev–Trinajstić information content (AvgIpc) is 3.65. The van der Waals surface area contributed by atoms with Crippen molar-refractivity contribution in [3.8, 4) is 11.6 Å². The van der Waals surface area contributed by atoms with Crippen molar-refractivity contribution in [2.75, 3.05) is 0 Å². The van der Waals surface area contributed by atoms with Crippen molar-refractivity contribution >= 4 is 65.6 Å². The van der Waals surface area contributed by atoms with E-state index in [-0.39, 0.29) is 0 Å². The Morgan fingerprint density at radius 1 is 0.436 bits per heavy atom. The Morgan fingerprint density at radius 2 is 0.872 bits per heavy atom. The summed E-state index contributed by atoms with van der Waals surface area (Å²) in [5, 5.41) is 6.95. The van der Waals surface area contributed by atoms with Crippen LogP contribution in [0.15, 0.2) is 132 Å². The first kappa shape index (κ1) is 20.7. The molecule has 4 heteroatoms. The number of pyridine rings is 1. The summed E-state index contributed by atoms with van der Waals surface area (Å²) in [7, 11) is 0. The van der Waals surface area contributed by atoms with Crippen LogP contribution in [-0.4, -0.2) is 14.1 Å². The van der Waals surface area contributed by atoms with Gasteiger partial charge in [-0.25, -0.2) is 4.98 Å². The monoisotopic (exact) mass is 499 g/mol. The van der Waals surface area contributed by atoms with E-state index >= 15 is 0 Å². The molecule has 0 radical (unpaired) electrons. The largest absolute Gasteiger partial charge is 0.452 e. The number of hydrogen-bond donors (Lipinski definition) is 0. The molecule has 0 unspecified atom stereocenters. The van der Waals surface area contributed by atoms with E-state index in [1.807, 2.05) is 12.1 Å². The first-order valence-electron chi connectivity index (χ1n) is 13.2. The fraction of sp³-hybridized carbons (Fsp3) is 0. The third-order valence-corrected chi connectivity index (χ3v) is 7.93. The van der Waals surface area contributed by atoms with E-state index in [9.17, 15) is 0 Å². The second kappa shape index (κ2) is 7.59. The lowest BCUT2D eigenvalue weighted by Crippen LogP contribution is -2.04. The van der Waals surface area contributed by atoms with Gasteiger partial charge in [-0.1, -0.05) is 91.0 Å². The molecule has 0 bridgehead atoms. The molecule has 0 fully saturated rings. The van der Waals surface area contributed by atoms with Crippen LogP contribution in [0.25, 0.3) is 77.2 Å². The van der Waals surface area contributed by atoms with E-state index < -0.39 is 0 Å². The minimum absolute atomic E-state index is 0.784. The summed E-state index contributed by atoms with van der Waals surface area (Å²) in [5.74, 6) is 1.65. The molecule has 0 saturated heterocycles. The summed E-state index contributed by atoms with van der Waals surface area (Å²) in [5.41, 5.74) is 6.11. The fourth-order valence-electron chi connectivity index (χ4n) is 6.28. The van der Waals surface area contributed by atoms with E-state index in [0.29, 0.717) is 0 Å². The molecule has 0 aliphatic carbocycles. The van der Waals surface area contributed by atoms with Crippen LogP contribution in [0, 0.1) is 0 Å². The molecular weight excluding hydrogens is 478 g/mol. The number of furan rings is 1. The van der Waals surface area contributed by atoms with Crippen LogP contribution in [0.4, 0.5) is 0 Å². The molecule has 39 heavy (non-hydrogen) atoms. The Hall–Kier alpha value is -5.35. The highest BCUT2D eigenvalue weighted by Gasteiger charge is 2.22. The number of fused-ring (bicyclic) bond motifs is 9. The molecule has 0 saturated carbocycles. The molecule has 4 nitrogen and oxygen atoms in total. The van der Waals surface area contributed by atoms with Gasteiger partial charge in [-0.05, 0) is 36.4 Å². The van der Waals surface area contributed by atoms with Crippen molar-refractivity contribution in [2.24, 2.45) is 0 Å². The Kier molecular flexibility index (Phi) is 4.02. The fourth-order valence-corrected chi connectivity index (χ4v) is 6.28. The minimum atomic E-state index is 0.784. The number of benzene rings is 5. The predicted molar refractivity (Wildman–Crippen MR) is 160 cm³/mol. The number of rotatable bonds is 2. The molecule has 5 aromatic carbocycles. The Bertz CT molecular complexity index is 2300. The molecule has 0 N–H and O–H groups in total. The Balaban J connectivity index is 1.50. The van der Waals surface area contributed by atoms with Crippen molar-refractivity contribution < 1.29 is 4.42 Å². The lowest BCUT2D eigenvalue weighted by molar-refractivity contribution is 0.663. The highest BCUT2D eigenvalue weighted by molar-refractivity contribution is 6.13. The summed E-state index contributed by atoms with van der Waals surface area (Å²) in [6.07, 6.45) is 0. The molecule has 0 atom stereocenters. The van der Waals surface area contributed by atoms with Crippen LogP contribution in [0.2, 0.25) is 0 Å². The van der Waals surface area contributed by atoms with Crippen molar-refractivity contribution in [3.05, 3.63) is 127 Å². The van der Waals surface area contributed by atoms with Gasteiger partial charge in [0.25, 0.3) is 0 Å². The lowest BCUT2D eigenvalue weighted by Gasteiger charge is -2.12. The van der Waals surface area contributed by atoms with Crippen molar-refractivity contribution in [1.82, 2.24) is 14.1 Å². The number of nitrogens with zero attached hydrogens (tertiary/aromatic N) is 3. The zero-order valence-electron chi connectivity index (χ0n) is 20.9. The van der Waals surface area contributed by atoms with E-state index in [4.69, 9.17) is 9.40 Å². The first-order valence-corrected chi connectivity index (χ1v) is 13.2. The predicted octanol–water partition coefficient (Wildman–Crippen LogP) is 9.18. The summed E-state index contributed by atoms with van der Waals surface area (Å²) in [6, 6.07) is 44.6. The number of hydrogen-bond acceptors (Lipinski definition) is 2. The van der Waals surface area contributed by atoms with E-state index in [1.54, 1.807) is 0 Å². The Morgan fingerprint density at radius 3 is 1.41 bits per heavy atom. The zero-order chi connectivity index (χ0) is 25.5. The van der Waals surface area contributed by atoms with E-state index in [0.717, 1.165) is 55.6 Å². The maximum atomic E-state index is 6.56. The van der Waals surface area contributed by atoms with Gasteiger partial charge < -0.3 is 4.42 Å². The van der Waals surface area contributed by atoms with Gasteiger partial charge in [0, 0.05) is 32.3 Å². The average molecular weight is 500 g/mol. The van der Waals surface area contributed by atoms with Crippen LogP contribution in [0.5, 0.6) is 0 Å². The van der Waals surface area contributed by atoms with Gasteiger partial charge in [-0.15, -0.1) is 0 Å². The third-order valence-electron chi connectivity index (χ3n) is 7.93. The summed E-state index contributed by atoms with van der Waals surface area (Å²) in [6.45, 7) is 0. The maximum absolute atomic E-state index is 6.56. The first-order chi connectivity index (χ1) is 19.4. The van der Waals surface area contributed by atoms with E-state index in [1.165, 1.54) is 21.5 Å². The highest BCUT2D eigenvalue weighted by Crippen LogP contribution is 2.39. The van der Waals surface area contributed by atoms with Gasteiger partial charge in [0.05, 0.1) is 22.1 Å². The second-order valence-corrected chi connectivity index (χ2v) is 10.0. The van der Waals surface area contributed by atoms with E-state index in [2.05, 4.69) is 124 Å². The normalized spacial score (nSPS) is 12.1. The molecule has 9 rings (SSSR count). The zero-order valence-corrected chi connectivity index (χ0v) is 20.9. The molecule has 4 heterocycles. The summed E-state index contributed by atoms with van der Waals surface area (Å²) >= 11 is 0. The van der Waals surface area contributed by atoms with Crippen LogP contribution in [-0.2, 0) is 0 Å². The topological polar surface area (TPSA) is 35.9 Å². The smallest absolute Gasteiger partial charge is 0.183 e. The number of aromatic nitrogens is 3. The quantitative estimate of drug-likeness (QED) is 0.238. The van der Waals surface area contributed by atoms with Crippen LogP contribution in [0.3, 0.4) is 0 Å². The van der Waals surface area contributed by atoms with Crippen LogP contribution in [0.1, 0.15) is 0 Å². The molecule has 9 aromatic rings. The summed E-state index contributed by atoms with van der Waals surface area (Å²) < 4.78 is 11.1. The Labute approximate surface area is 222 Å². The molecular formula is C35H21N3O. The highest BCUT2D eigenvalue weighted by atomic mass is 16.3. The number of para-hydroxylation sites is 5. The van der Waals surface area contributed by atoms with Gasteiger partial charge in [0.2, 0.25) is 0 Å². The summed E-state index contributed by atoms with van der Waals surface area (Å²) in [4.78, 5) is 5.41. The SMILES string of the molecule is c1ccc2c(c1)oc1c(-n3c4ccccc4c4ccccc43)nc(-n3c4ccccc4c4ccccc43)cc12. The lowest BCUT2D eigenvalue weighted by atomic mass is 10.2. The molecule has 0 amide bonds. The van der Waals surface area contributed by atoms with Crippen molar-refractivity contribution in [3.63, 3.8) is 0 Å². The van der Waals surface area contributed by atoms with Gasteiger partial charge in [-0.2, -0.15) is 0 Å². The van der Waals surface area contributed by atoms with Crippen molar-refractivity contribution in [2.45, 2.75) is 0 Å². The van der Waals surface area contributed by atoms with Gasteiger partial charge in [0.1, 0.15) is 11.4 Å². The standard InChI is InChI=1S/C35H21N3O/c1-6-16-28-22(11-1)23-12-2-7-17-29(23)37(28)33-21-27-26-15-5-10-20-32(26)39-34(27)35(36-33)38-30-18-8-3-13-24(30)25-14-4-9-19-31(25)38/h1-21H. The molecule has 0 aliphatic rings. The van der Waals surface area contributed by atoms with Gasteiger partial charge in [0.15, 0.2) is 11.4 Å². The van der Waals surface area contributed by atoms with Gasteiger partial charge in [-0.3, -0.25) is 9.13 Å². The molecule has 182 valence electrons. The molecule has 0 spiro atoms. The van der Waals surface area contributed by atoms with Crippen LogP contribution >= 0.6 is 0 Å². The maximum Gasteiger partial charge on any atom is 0.183 e. The molecule has 0 aliphatic heterocycles. The third kappa shape index (κ3) is 2.75.